The molecule has 0 saturated heterocycles. The number of halogens is 1. The first kappa shape index (κ1) is 16.7. The fourth-order valence-electron chi connectivity index (χ4n) is 2.76. The van der Waals surface area contributed by atoms with Crippen molar-refractivity contribution in [3.8, 4) is 0 Å². The second kappa shape index (κ2) is 6.80. The normalized spacial score (nSPS) is 10.8. The molecule has 1 heterocycles. The van der Waals surface area contributed by atoms with E-state index in [0.717, 1.165) is 15.9 Å². The summed E-state index contributed by atoms with van der Waals surface area (Å²) in [7, 11) is 0. The number of hydrogen-bond donors (Lipinski definition) is 0. The fourth-order valence-corrected chi connectivity index (χ4v) is 3.79. The lowest BCUT2D eigenvalue weighted by Gasteiger charge is -2.09. The summed E-state index contributed by atoms with van der Waals surface area (Å²) in [5.41, 5.74) is 3.54. The Morgan fingerprint density at radius 1 is 0.792 bits per heavy atom. The fraction of sp³-hybridized carbons (Fsp3) is 0.100. The molecule has 0 aliphatic rings. The highest BCUT2D eigenvalue weighted by Gasteiger charge is 2.09. The van der Waals surface area contributed by atoms with Gasteiger partial charge in [0.2, 0.25) is 0 Å². The van der Waals surface area contributed by atoms with Gasteiger partial charge in [0.25, 0.3) is 0 Å². The molecule has 0 unspecified atom stereocenters. The quantitative estimate of drug-likeness (QED) is 0.415. The van der Waals surface area contributed by atoms with Gasteiger partial charge in [-0.2, -0.15) is 0 Å². The average molecular weight is 353 g/mol. The standard InChI is InChI=1S/C20H16N2S.ClH/c1-13-10-17-18(11-14(13)2)21-12-22-20(17)23-19-9-5-7-15-6-3-4-8-16(15)19;/h3-12H,1-2H3;1H. The van der Waals surface area contributed by atoms with E-state index in [4.69, 9.17) is 0 Å². The Balaban J connectivity index is 0.00000169. The van der Waals surface area contributed by atoms with Crippen LogP contribution in [0.2, 0.25) is 0 Å². The van der Waals surface area contributed by atoms with Gasteiger partial charge in [0.15, 0.2) is 0 Å². The Hall–Kier alpha value is -2.10. The zero-order chi connectivity index (χ0) is 15.8. The maximum Gasteiger partial charge on any atom is 0.117 e. The van der Waals surface area contributed by atoms with E-state index in [1.165, 1.54) is 26.8 Å². The molecule has 0 fully saturated rings. The SMILES string of the molecule is Cc1cc2ncnc(Sc3cccc4ccccc34)c2cc1C.Cl. The van der Waals surface area contributed by atoms with Gasteiger partial charge in [-0.3, -0.25) is 0 Å². The molecule has 2 nitrogen and oxygen atoms in total. The zero-order valence-electron chi connectivity index (χ0n) is 13.5. The minimum absolute atomic E-state index is 0. The minimum Gasteiger partial charge on any atom is -0.236 e. The topological polar surface area (TPSA) is 25.8 Å². The molecule has 0 amide bonds. The molecule has 24 heavy (non-hydrogen) atoms. The summed E-state index contributed by atoms with van der Waals surface area (Å²) >= 11 is 1.71. The second-order valence-corrected chi connectivity index (χ2v) is 6.74. The van der Waals surface area contributed by atoms with Gasteiger partial charge in [0.05, 0.1) is 5.52 Å². The van der Waals surface area contributed by atoms with Crippen LogP contribution >= 0.6 is 24.2 Å². The minimum atomic E-state index is 0. The lowest BCUT2D eigenvalue weighted by molar-refractivity contribution is 1.10. The van der Waals surface area contributed by atoms with E-state index in [-0.39, 0.29) is 12.4 Å². The highest BCUT2D eigenvalue weighted by Crippen LogP contribution is 2.35. The molecule has 0 aliphatic heterocycles. The van der Waals surface area contributed by atoms with Gasteiger partial charge in [-0.15, -0.1) is 12.4 Å². The molecule has 0 atom stereocenters. The number of rotatable bonds is 2. The highest BCUT2D eigenvalue weighted by atomic mass is 35.5. The first-order valence-electron chi connectivity index (χ1n) is 7.60. The van der Waals surface area contributed by atoms with Gasteiger partial charge >= 0.3 is 0 Å². The Morgan fingerprint density at radius 2 is 1.54 bits per heavy atom. The first-order valence-corrected chi connectivity index (χ1v) is 8.41. The molecule has 0 N–H and O–H groups in total. The van der Waals surface area contributed by atoms with Crippen LogP contribution in [0.25, 0.3) is 21.7 Å². The van der Waals surface area contributed by atoms with Gasteiger partial charge in [-0.25, -0.2) is 9.97 Å². The summed E-state index contributed by atoms with van der Waals surface area (Å²) in [6, 6.07) is 19.2. The Bertz CT molecular complexity index is 1030. The number of hydrogen-bond acceptors (Lipinski definition) is 3. The molecule has 120 valence electrons. The van der Waals surface area contributed by atoms with E-state index in [0.29, 0.717) is 0 Å². The molecule has 0 radical (unpaired) electrons. The van der Waals surface area contributed by atoms with E-state index < -0.39 is 0 Å². The molecule has 3 aromatic carbocycles. The maximum atomic E-state index is 4.53. The van der Waals surface area contributed by atoms with Crippen LogP contribution in [-0.4, -0.2) is 9.97 Å². The van der Waals surface area contributed by atoms with Gasteiger partial charge < -0.3 is 0 Å². The zero-order valence-corrected chi connectivity index (χ0v) is 15.1. The predicted molar refractivity (Wildman–Crippen MR) is 104 cm³/mol. The number of benzene rings is 3. The molecular formula is C20H17ClN2S. The first-order chi connectivity index (χ1) is 11.2. The highest BCUT2D eigenvalue weighted by molar-refractivity contribution is 7.99. The largest absolute Gasteiger partial charge is 0.236 e. The van der Waals surface area contributed by atoms with Crippen LogP contribution < -0.4 is 0 Å². The van der Waals surface area contributed by atoms with Crippen molar-refractivity contribution in [1.29, 1.82) is 0 Å². The Labute approximate surface area is 151 Å². The van der Waals surface area contributed by atoms with E-state index in [9.17, 15) is 0 Å². The van der Waals surface area contributed by atoms with Gasteiger partial charge in [0, 0.05) is 10.3 Å². The smallest absolute Gasteiger partial charge is 0.117 e. The van der Waals surface area contributed by atoms with Crippen molar-refractivity contribution in [2.45, 2.75) is 23.8 Å². The van der Waals surface area contributed by atoms with Crippen LogP contribution in [0, 0.1) is 13.8 Å². The molecule has 4 heteroatoms. The van der Waals surface area contributed by atoms with E-state index in [1.54, 1.807) is 18.1 Å². The van der Waals surface area contributed by atoms with Crippen molar-refractivity contribution in [2.75, 3.05) is 0 Å². The number of nitrogens with zero attached hydrogens (tertiary/aromatic N) is 2. The summed E-state index contributed by atoms with van der Waals surface area (Å²) in [6.07, 6.45) is 1.66. The van der Waals surface area contributed by atoms with Crippen molar-refractivity contribution in [1.82, 2.24) is 9.97 Å². The molecule has 0 saturated carbocycles. The molecule has 0 aliphatic carbocycles. The maximum absolute atomic E-state index is 4.53. The Kier molecular flexibility index (Phi) is 4.74. The van der Waals surface area contributed by atoms with Crippen LogP contribution in [0.15, 0.2) is 70.8 Å². The third-order valence-electron chi connectivity index (χ3n) is 4.17. The second-order valence-electron chi connectivity index (χ2n) is 5.71. The van der Waals surface area contributed by atoms with Gasteiger partial charge in [-0.05, 0) is 53.9 Å². The average Bonchev–Trinajstić information content (AvgIpc) is 2.57. The summed E-state index contributed by atoms with van der Waals surface area (Å²) < 4.78 is 0. The third-order valence-corrected chi connectivity index (χ3v) is 5.27. The number of aromatic nitrogens is 2. The van der Waals surface area contributed by atoms with Crippen molar-refractivity contribution in [3.05, 3.63) is 72.1 Å². The lowest BCUT2D eigenvalue weighted by Crippen LogP contribution is -1.90. The van der Waals surface area contributed by atoms with Crippen LogP contribution in [0.1, 0.15) is 11.1 Å². The monoisotopic (exact) mass is 352 g/mol. The lowest BCUT2D eigenvalue weighted by atomic mass is 10.1. The summed E-state index contributed by atoms with van der Waals surface area (Å²) in [6.45, 7) is 4.25. The predicted octanol–water partition coefficient (Wildman–Crippen LogP) is 5.97. The molecule has 0 spiro atoms. The molecular weight excluding hydrogens is 336 g/mol. The van der Waals surface area contributed by atoms with E-state index >= 15 is 0 Å². The van der Waals surface area contributed by atoms with E-state index in [2.05, 4.69) is 78.4 Å². The van der Waals surface area contributed by atoms with Crippen LogP contribution in [-0.2, 0) is 0 Å². The number of aryl methyl sites for hydroxylation is 2. The third kappa shape index (κ3) is 2.97. The molecule has 1 aromatic heterocycles. The number of fused-ring (bicyclic) bond motifs is 2. The van der Waals surface area contributed by atoms with E-state index in [1.807, 2.05) is 0 Å². The van der Waals surface area contributed by atoms with Crippen molar-refractivity contribution in [3.63, 3.8) is 0 Å². The Morgan fingerprint density at radius 3 is 2.42 bits per heavy atom. The van der Waals surface area contributed by atoms with Crippen LogP contribution in [0.5, 0.6) is 0 Å². The summed E-state index contributed by atoms with van der Waals surface area (Å²) in [5, 5.41) is 4.64. The summed E-state index contributed by atoms with van der Waals surface area (Å²) in [4.78, 5) is 10.2. The van der Waals surface area contributed by atoms with Gasteiger partial charge in [-0.1, -0.05) is 48.2 Å². The molecule has 4 aromatic rings. The van der Waals surface area contributed by atoms with Crippen LogP contribution in [0.3, 0.4) is 0 Å². The van der Waals surface area contributed by atoms with Crippen molar-refractivity contribution >= 4 is 45.8 Å². The summed E-state index contributed by atoms with van der Waals surface area (Å²) in [5.74, 6) is 0. The molecule has 4 rings (SSSR count). The van der Waals surface area contributed by atoms with Crippen LogP contribution in [0.4, 0.5) is 0 Å². The van der Waals surface area contributed by atoms with Crippen molar-refractivity contribution in [2.24, 2.45) is 0 Å². The molecule has 0 bridgehead atoms. The van der Waals surface area contributed by atoms with Gasteiger partial charge in [0.1, 0.15) is 11.4 Å². The van der Waals surface area contributed by atoms with Crippen molar-refractivity contribution < 1.29 is 0 Å².